The van der Waals surface area contributed by atoms with E-state index in [4.69, 9.17) is 37.9 Å². The number of benzene rings is 6. The molecular formula is C52H50O12. The first-order valence-corrected chi connectivity index (χ1v) is 20.7. The smallest absolute Gasteiger partial charge is 0.302 e. The lowest BCUT2D eigenvalue weighted by Gasteiger charge is -2.14. The van der Waals surface area contributed by atoms with Crippen molar-refractivity contribution in [2.75, 3.05) is 67.1 Å². The summed E-state index contributed by atoms with van der Waals surface area (Å²) in [6.45, 7) is 5.00. The summed E-state index contributed by atoms with van der Waals surface area (Å²) in [5, 5.41) is 0. The molecule has 6 rings (SSSR count). The lowest BCUT2D eigenvalue weighted by atomic mass is 9.95. The van der Waals surface area contributed by atoms with Gasteiger partial charge in [-0.05, 0) is 82.9 Å². The number of hydrogen-bond donors (Lipinski definition) is 0. The van der Waals surface area contributed by atoms with Crippen LogP contribution < -0.4 is 18.9 Å². The van der Waals surface area contributed by atoms with Gasteiger partial charge in [0.05, 0.1) is 40.6 Å². The van der Waals surface area contributed by atoms with E-state index in [-0.39, 0.29) is 36.7 Å². The maximum Gasteiger partial charge on any atom is 0.302 e. The van der Waals surface area contributed by atoms with Crippen molar-refractivity contribution in [2.24, 2.45) is 0 Å². The molecule has 0 bridgehead atoms. The van der Waals surface area contributed by atoms with Gasteiger partial charge in [0.1, 0.15) is 49.4 Å². The molecule has 0 unspecified atom stereocenters. The highest BCUT2D eigenvalue weighted by Crippen LogP contribution is 2.38. The van der Waals surface area contributed by atoms with Gasteiger partial charge in [-0.15, -0.1) is 0 Å². The van der Waals surface area contributed by atoms with E-state index in [1.165, 1.54) is 13.8 Å². The summed E-state index contributed by atoms with van der Waals surface area (Å²) < 4.78 is 43.5. The second-order valence-corrected chi connectivity index (χ2v) is 14.3. The molecular weight excluding hydrogens is 817 g/mol. The number of ether oxygens (including phenoxy) is 8. The molecule has 0 N–H and O–H groups in total. The maximum atomic E-state index is 13.3. The van der Waals surface area contributed by atoms with Gasteiger partial charge < -0.3 is 37.9 Å². The van der Waals surface area contributed by atoms with Crippen molar-refractivity contribution < 1.29 is 57.1 Å². The van der Waals surface area contributed by atoms with Crippen LogP contribution in [-0.2, 0) is 28.5 Å². The zero-order valence-electron chi connectivity index (χ0n) is 36.3. The number of hydrogen-bond acceptors (Lipinski definition) is 12. The largest absolute Gasteiger partial charge is 0.496 e. The molecule has 12 nitrogen and oxygen atoms in total. The van der Waals surface area contributed by atoms with Crippen molar-refractivity contribution in [3.63, 3.8) is 0 Å². The molecule has 0 fully saturated rings. The second kappa shape index (κ2) is 23.2. The molecule has 0 aliphatic carbocycles. The third-order valence-electron chi connectivity index (χ3n) is 9.94. The molecule has 0 aliphatic rings. The standard InChI is InChI=1S/C52H50O12/c1-35(53)61-29-25-59-27-31-63-45-19-13-41(14-20-45)51(55)39-9-5-37(6-10-39)47-23-17-43(33-49(47)57-3)44-18-24-48(50(34-44)58-4)38-7-11-40(12-8-38)52(56)42-15-21-46(22-16-42)64-32-28-60-26-30-62-36(2)54/h5-24,33-34H,25-32H2,1-4H3. The quantitative estimate of drug-likeness (QED) is 0.0345. The second-order valence-electron chi connectivity index (χ2n) is 14.3. The normalized spacial score (nSPS) is 10.8. The van der Waals surface area contributed by atoms with Crippen LogP contribution >= 0.6 is 0 Å². The predicted octanol–water partition coefficient (Wildman–Crippen LogP) is 9.08. The van der Waals surface area contributed by atoms with Crippen molar-refractivity contribution >= 4 is 23.5 Å². The Hall–Kier alpha value is -7.28. The number of esters is 2. The zero-order valence-corrected chi connectivity index (χ0v) is 36.3. The van der Waals surface area contributed by atoms with Gasteiger partial charge in [-0.1, -0.05) is 72.8 Å². The minimum Gasteiger partial charge on any atom is -0.496 e. The molecule has 0 saturated carbocycles. The summed E-state index contributed by atoms with van der Waals surface area (Å²) in [7, 11) is 3.26. The summed E-state index contributed by atoms with van der Waals surface area (Å²) >= 11 is 0. The first kappa shape index (κ1) is 46.2. The van der Waals surface area contributed by atoms with Crippen LogP contribution in [-0.4, -0.2) is 90.6 Å². The number of rotatable bonds is 23. The Morgan fingerprint density at radius 2 is 0.688 bits per heavy atom. The van der Waals surface area contributed by atoms with Gasteiger partial charge in [0.15, 0.2) is 11.6 Å². The van der Waals surface area contributed by atoms with Gasteiger partial charge in [-0.2, -0.15) is 0 Å². The van der Waals surface area contributed by atoms with Gasteiger partial charge in [-0.25, -0.2) is 0 Å². The Balaban J connectivity index is 1.04. The molecule has 0 radical (unpaired) electrons. The zero-order chi connectivity index (χ0) is 45.3. The molecule has 64 heavy (non-hydrogen) atoms. The van der Waals surface area contributed by atoms with Crippen LogP contribution in [0, 0.1) is 0 Å². The summed E-state index contributed by atoms with van der Waals surface area (Å²) in [4.78, 5) is 48.2. The SMILES string of the molecule is COc1cc(-c2ccc(-c3ccc(C(=O)c4ccc(OCCOCCOC(C)=O)cc4)cc3)c(OC)c2)ccc1-c1ccc(C(=O)c2ccc(OCCOCCOC(C)=O)cc2)cc1. The number of methoxy groups -OCH3 is 2. The highest BCUT2D eigenvalue weighted by atomic mass is 16.6. The van der Waals surface area contributed by atoms with Crippen molar-refractivity contribution in [1.82, 2.24) is 0 Å². The summed E-state index contributed by atoms with van der Waals surface area (Å²) in [5.74, 6) is 1.66. The minimum absolute atomic E-state index is 0.111. The third kappa shape index (κ3) is 12.9. The van der Waals surface area contributed by atoms with Crippen LogP contribution in [0.4, 0.5) is 0 Å². The lowest BCUT2D eigenvalue weighted by Crippen LogP contribution is -2.12. The van der Waals surface area contributed by atoms with Crippen LogP contribution in [0.15, 0.2) is 133 Å². The summed E-state index contributed by atoms with van der Waals surface area (Å²) in [6, 6.07) is 40.8. The van der Waals surface area contributed by atoms with Crippen LogP contribution in [0.25, 0.3) is 33.4 Å². The van der Waals surface area contributed by atoms with Crippen LogP contribution in [0.5, 0.6) is 23.0 Å². The first-order valence-electron chi connectivity index (χ1n) is 20.7. The fourth-order valence-electron chi connectivity index (χ4n) is 6.69. The van der Waals surface area contributed by atoms with Crippen molar-refractivity contribution in [3.8, 4) is 56.4 Å². The van der Waals surface area contributed by atoms with E-state index in [0.29, 0.717) is 84.9 Å². The predicted molar refractivity (Wildman–Crippen MR) is 241 cm³/mol. The average Bonchev–Trinajstić information content (AvgIpc) is 3.33. The Morgan fingerprint density at radius 3 is 1.02 bits per heavy atom. The van der Waals surface area contributed by atoms with Crippen molar-refractivity contribution in [3.05, 3.63) is 156 Å². The minimum atomic E-state index is -0.347. The number of carbonyl (C=O) groups is 4. The topological polar surface area (TPSA) is 142 Å². The van der Waals surface area contributed by atoms with Crippen molar-refractivity contribution in [2.45, 2.75) is 13.8 Å². The van der Waals surface area contributed by atoms with Crippen LogP contribution in [0.3, 0.4) is 0 Å². The molecule has 0 aliphatic heterocycles. The fraction of sp³-hybridized carbons (Fsp3) is 0.231. The van der Waals surface area contributed by atoms with E-state index in [0.717, 1.165) is 33.4 Å². The Labute approximate surface area is 372 Å². The average molecular weight is 867 g/mol. The maximum absolute atomic E-state index is 13.3. The molecule has 0 saturated heterocycles. The molecule has 0 spiro atoms. The summed E-state index contributed by atoms with van der Waals surface area (Å²) in [6.07, 6.45) is 0. The van der Waals surface area contributed by atoms with Gasteiger partial charge in [0, 0.05) is 47.2 Å². The van der Waals surface area contributed by atoms with E-state index >= 15 is 0 Å². The van der Waals surface area contributed by atoms with Gasteiger partial charge in [0.2, 0.25) is 0 Å². The van der Waals surface area contributed by atoms with E-state index < -0.39 is 0 Å². The third-order valence-corrected chi connectivity index (χ3v) is 9.94. The molecule has 6 aromatic carbocycles. The molecule has 0 atom stereocenters. The van der Waals surface area contributed by atoms with E-state index in [9.17, 15) is 19.2 Å². The highest BCUT2D eigenvalue weighted by Gasteiger charge is 2.15. The molecule has 6 aromatic rings. The molecule has 0 amide bonds. The number of carbonyl (C=O) groups excluding carboxylic acids is 4. The molecule has 0 aromatic heterocycles. The van der Waals surface area contributed by atoms with Gasteiger partial charge in [0.25, 0.3) is 0 Å². The highest BCUT2D eigenvalue weighted by molar-refractivity contribution is 6.10. The fourth-order valence-corrected chi connectivity index (χ4v) is 6.69. The Morgan fingerprint density at radius 1 is 0.375 bits per heavy atom. The van der Waals surface area contributed by atoms with Crippen molar-refractivity contribution in [1.29, 1.82) is 0 Å². The molecule has 0 heterocycles. The number of ketones is 2. The Bertz CT molecular complexity index is 2320. The van der Waals surface area contributed by atoms with E-state index in [1.54, 1.807) is 87.0 Å². The molecule has 12 heteroatoms. The van der Waals surface area contributed by atoms with E-state index in [1.807, 2.05) is 60.7 Å². The van der Waals surface area contributed by atoms with Crippen LogP contribution in [0.2, 0.25) is 0 Å². The van der Waals surface area contributed by atoms with Gasteiger partial charge >= 0.3 is 11.9 Å². The monoisotopic (exact) mass is 866 g/mol. The van der Waals surface area contributed by atoms with Gasteiger partial charge in [-0.3, -0.25) is 19.2 Å². The van der Waals surface area contributed by atoms with E-state index in [2.05, 4.69) is 0 Å². The Kier molecular flexibility index (Phi) is 16.8. The lowest BCUT2D eigenvalue weighted by molar-refractivity contribution is -0.143. The molecule has 330 valence electrons. The summed E-state index contributed by atoms with van der Waals surface area (Å²) in [5.41, 5.74) is 7.57. The van der Waals surface area contributed by atoms with Crippen LogP contribution in [0.1, 0.15) is 45.7 Å². The first-order chi connectivity index (χ1) is 31.1.